The van der Waals surface area contributed by atoms with E-state index in [4.69, 9.17) is 5.73 Å². The molecule has 8 nitrogen and oxygen atoms in total. The Labute approximate surface area is 129 Å². The summed E-state index contributed by atoms with van der Waals surface area (Å²) < 4.78 is 0. The fourth-order valence-electron chi connectivity index (χ4n) is 2.50. The third kappa shape index (κ3) is 4.80. The number of carbonyl (C=O) groups is 4. The second-order valence-electron chi connectivity index (χ2n) is 6.16. The standard InChI is InChI=1S/C14H24N4O4/c1-8(2)6-14(3,13(22)17-11(20)7-15)18-12(21)9-4-5-10(19)16-9/h8-9H,4-7,15H2,1-3H3,(H,16,19)(H,18,21)(H,17,20,22)/t9-,14+/m0/s1. The Morgan fingerprint density at radius 2 is 2.05 bits per heavy atom. The lowest BCUT2D eigenvalue weighted by Crippen LogP contribution is -2.61. The van der Waals surface area contributed by atoms with Crippen LogP contribution in [0.15, 0.2) is 0 Å². The van der Waals surface area contributed by atoms with Crippen LogP contribution < -0.4 is 21.7 Å². The van der Waals surface area contributed by atoms with Crippen LogP contribution in [0.25, 0.3) is 0 Å². The molecule has 0 radical (unpaired) electrons. The minimum absolute atomic E-state index is 0.113. The summed E-state index contributed by atoms with van der Waals surface area (Å²) in [4.78, 5) is 47.0. The molecule has 1 saturated heterocycles. The van der Waals surface area contributed by atoms with Crippen LogP contribution in [0.4, 0.5) is 0 Å². The van der Waals surface area contributed by atoms with Crippen molar-refractivity contribution >= 4 is 23.6 Å². The number of hydrogen-bond donors (Lipinski definition) is 4. The summed E-state index contributed by atoms with van der Waals surface area (Å²) in [6.45, 7) is 5.05. The molecule has 1 aliphatic rings. The predicted octanol–water partition coefficient (Wildman–Crippen LogP) is -1.21. The summed E-state index contributed by atoms with van der Waals surface area (Å²) in [5.41, 5.74) is 3.94. The molecule has 2 atom stereocenters. The Bertz CT molecular complexity index is 477. The molecular formula is C14H24N4O4. The fraction of sp³-hybridized carbons (Fsp3) is 0.714. The first kappa shape index (κ1) is 18.1. The third-order valence-corrected chi connectivity index (χ3v) is 3.47. The molecule has 0 unspecified atom stereocenters. The topological polar surface area (TPSA) is 130 Å². The summed E-state index contributed by atoms with van der Waals surface area (Å²) in [7, 11) is 0. The molecule has 124 valence electrons. The summed E-state index contributed by atoms with van der Waals surface area (Å²) in [6, 6.07) is -0.642. The van der Waals surface area contributed by atoms with Gasteiger partial charge in [0.15, 0.2) is 0 Å². The summed E-state index contributed by atoms with van der Waals surface area (Å²) in [6.07, 6.45) is 1.03. The highest BCUT2D eigenvalue weighted by molar-refractivity contribution is 6.02. The first-order valence-corrected chi connectivity index (χ1v) is 7.33. The summed E-state index contributed by atoms with van der Waals surface area (Å²) >= 11 is 0. The average Bonchev–Trinajstić information content (AvgIpc) is 2.84. The Morgan fingerprint density at radius 3 is 2.50 bits per heavy atom. The lowest BCUT2D eigenvalue weighted by atomic mass is 9.89. The van der Waals surface area contributed by atoms with E-state index in [0.29, 0.717) is 12.8 Å². The lowest BCUT2D eigenvalue weighted by Gasteiger charge is -2.31. The first-order chi connectivity index (χ1) is 10.2. The van der Waals surface area contributed by atoms with Gasteiger partial charge in [-0.05, 0) is 25.7 Å². The first-order valence-electron chi connectivity index (χ1n) is 7.33. The smallest absolute Gasteiger partial charge is 0.252 e. The van der Waals surface area contributed by atoms with Crippen molar-refractivity contribution in [2.24, 2.45) is 11.7 Å². The predicted molar refractivity (Wildman–Crippen MR) is 79.4 cm³/mol. The highest BCUT2D eigenvalue weighted by Gasteiger charge is 2.39. The van der Waals surface area contributed by atoms with Gasteiger partial charge in [-0.25, -0.2) is 0 Å². The Hall–Kier alpha value is -1.96. The maximum atomic E-state index is 12.3. The van der Waals surface area contributed by atoms with Gasteiger partial charge in [0.2, 0.25) is 17.7 Å². The molecule has 0 saturated carbocycles. The van der Waals surface area contributed by atoms with E-state index < -0.39 is 29.3 Å². The van der Waals surface area contributed by atoms with Gasteiger partial charge in [-0.1, -0.05) is 13.8 Å². The van der Waals surface area contributed by atoms with Gasteiger partial charge in [-0.3, -0.25) is 24.5 Å². The van der Waals surface area contributed by atoms with Crippen molar-refractivity contribution < 1.29 is 19.2 Å². The normalized spacial score (nSPS) is 20.2. The van der Waals surface area contributed by atoms with Gasteiger partial charge in [0, 0.05) is 6.42 Å². The molecule has 0 aromatic carbocycles. The van der Waals surface area contributed by atoms with Crippen LogP contribution >= 0.6 is 0 Å². The van der Waals surface area contributed by atoms with Crippen LogP contribution in [0.5, 0.6) is 0 Å². The molecular weight excluding hydrogens is 288 g/mol. The zero-order valence-electron chi connectivity index (χ0n) is 13.2. The lowest BCUT2D eigenvalue weighted by molar-refractivity contribution is -0.138. The molecule has 8 heteroatoms. The van der Waals surface area contributed by atoms with E-state index in [0.717, 1.165) is 0 Å². The number of amides is 4. The Balaban J connectivity index is 2.81. The number of carbonyl (C=O) groups excluding carboxylic acids is 4. The van der Waals surface area contributed by atoms with Crippen molar-refractivity contribution in [2.45, 2.75) is 51.6 Å². The van der Waals surface area contributed by atoms with Crippen LogP contribution in [0.2, 0.25) is 0 Å². The maximum absolute atomic E-state index is 12.3. The van der Waals surface area contributed by atoms with E-state index in [9.17, 15) is 19.2 Å². The molecule has 4 amide bonds. The number of rotatable bonds is 6. The average molecular weight is 312 g/mol. The number of nitrogens with two attached hydrogens (primary N) is 1. The highest BCUT2D eigenvalue weighted by atomic mass is 16.2. The van der Waals surface area contributed by atoms with Gasteiger partial charge in [0.1, 0.15) is 11.6 Å². The molecule has 5 N–H and O–H groups in total. The monoisotopic (exact) mass is 312 g/mol. The Morgan fingerprint density at radius 1 is 1.41 bits per heavy atom. The Kier molecular flexibility index (Phi) is 6.04. The van der Waals surface area contributed by atoms with Gasteiger partial charge in [-0.2, -0.15) is 0 Å². The molecule has 0 aliphatic carbocycles. The van der Waals surface area contributed by atoms with Crippen molar-refractivity contribution in [3.8, 4) is 0 Å². The number of nitrogens with one attached hydrogen (secondary N) is 3. The second-order valence-corrected chi connectivity index (χ2v) is 6.16. The van der Waals surface area contributed by atoms with Crippen LogP contribution in [0.3, 0.4) is 0 Å². The highest BCUT2D eigenvalue weighted by Crippen LogP contribution is 2.18. The number of hydrogen-bond acceptors (Lipinski definition) is 5. The molecule has 1 aliphatic heterocycles. The fourth-order valence-corrected chi connectivity index (χ4v) is 2.50. The van der Waals surface area contributed by atoms with Crippen molar-refractivity contribution in [1.82, 2.24) is 16.0 Å². The van der Waals surface area contributed by atoms with Crippen LogP contribution in [0.1, 0.15) is 40.0 Å². The van der Waals surface area contributed by atoms with Gasteiger partial charge in [0.25, 0.3) is 5.91 Å². The van der Waals surface area contributed by atoms with Crippen molar-refractivity contribution in [3.63, 3.8) is 0 Å². The van der Waals surface area contributed by atoms with Crippen LogP contribution in [-0.4, -0.2) is 41.8 Å². The maximum Gasteiger partial charge on any atom is 0.252 e. The molecule has 0 bridgehead atoms. The molecule has 0 aromatic rings. The van der Waals surface area contributed by atoms with E-state index in [1.54, 1.807) is 6.92 Å². The molecule has 0 aromatic heterocycles. The van der Waals surface area contributed by atoms with E-state index in [-0.39, 0.29) is 24.8 Å². The van der Waals surface area contributed by atoms with E-state index in [2.05, 4.69) is 16.0 Å². The minimum atomic E-state index is -1.25. The van der Waals surface area contributed by atoms with Gasteiger partial charge >= 0.3 is 0 Å². The SMILES string of the molecule is CC(C)C[C@@](C)(NC(=O)[C@@H]1CCC(=O)N1)C(=O)NC(=O)CN. The second kappa shape index (κ2) is 7.35. The van der Waals surface area contributed by atoms with E-state index in [1.807, 2.05) is 13.8 Å². The van der Waals surface area contributed by atoms with Crippen molar-refractivity contribution in [3.05, 3.63) is 0 Å². The van der Waals surface area contributed by atoms with E-state index in [1.165, 1.54) is 0 Å². The van der Waals surface area contributed by atoms with E-state index >= 15 is 0 Å². The largest absolute Gasteiger partial charge is 0.344 e. The number of imide groups is 1. The van der Waals surface area contributed by atoms with Crippen LogP contribution in [0, 0.1) is 5.92 Å². The van der Waals surface area contributed by atoms with Crippen LogP contribution in [-0.2, 0) is 19.2 Å². The molecule has 0 spiro atoms. The zero-order chi connectivity index (χ0) is 16.9. The third-order valence-electron chi connectivity index (χ3n) is 3.47. The quantitative estimate of drug-likeness (QED) is 0.489. The molecule has 1 heterocycles. The summed E-state index contributed by atoms with van der Waals surface area (Å²) in [5.74, 6) is -1.71. The van der Waals surface area contributed by atoms with Crippen molar-refractivity contribution in [1.29, 1.82) is 0 Å². The molecule has 22 heavy (non-hydrogen) atoms. The van der Waals surface area contributed by atoms with Gasteiger partial charge in [0.05, 0.1) is 6.54 Å². The minimum Gasteiger partial charge on any atom is -0.344 e. The van der Waals surface area contributed by atoms with Crippen molar-refractivity contribution in [2.75, 3.05) is 6.54 Å². The molecule has 1 rings (SSSR count). The molecule has 1 fully saturated rings. The zero-order valence-corrected chi connectivity index (χ0v) is 13.2. The van der Waals surface area contributed by atoms with Gasteiger partial charge in [-0.15, -0.1) is 0 Å². The van der Waals surface area contributed by atoms with Gasteiger partial charge < -0.3 is 16.4 Å². The summed E-state index contributed by atoms with van der Waals surface area (Å²) in [5, 5.41) is 7.38.